The molecule has 2 N–H and O–H groups in total. The Morgan fingerprint density at radius 3 is 2.40 bits per heavy atom. The summed E-state index contributed by atoms with van der Waals surface area (Å²) in [6.45, 7) is 2.61. The van der Waals surface area contributed by atoms with Crippen LogP contribution in [0.5, 0.6) is 0 Å². The Bertz CT molecular complexity index is 584. The van der Waals surface area contributed by atoms with E-state index in [-0.39, 0.29) is 12.1 Å². The van der Waals surface area contributed by atoms with E-state index >= 15 is 0 Å². The molecule has 2 rings (SSSR count). The van der Waals surface area contributed by atoms with Crippen molar-refractivity contribution in [3.05, 3.63) is 29.6 Å². The number of hydrogen-bond acceptors (Lipinski definition) is 3. The SMILES string of the molecule is CC1NCCCC1NS(=O)(=O)c1cc(F)c(F)c(F)c1. The molecule has 0 bridgehead atoms. The molecule has 1 saturated heterocycles. The number of hydrogen-bond donors (Lipinski definition) is 2. The standard InChI is InChI=1S/C12H15F3N2O2S/c1-7-11(3-2-4-16-7)17-20(18,19)8-5-9(13)12(15)10(14)6-8/h5-7,11,16-17H,2-4H2,1H3. The van der Waals surface area contributed by atoms with Gasteiger partial charge in [-0.3, -0.25) is 0 Å². The molecule has 4 nitrogen and oxygen atoms in total. The molecule has 0 radical (unpaired) electrons. The molecule has 1 fully saturated rings. The van der Waals surface area contributed by atoms with Crippen molar-refractivity contribution in [2.45, 2.75) is 36.7 Å². The lowest BCUT2D eigenvalue weighted by Gasteiger charge is -2.30. The van der Waals surface area contributed by atoms with Gasteiger partial charge in [-0.15, -0.1) is 0 Å². The zero-order valence-electron chi connectivity index (χ0n) is 10.8. The number of benzene rings is 1. The summed E-state index contributed by atoms with van der Waals surface area (Å²) in [6, 6.07) is 0.488. The fourth-order valence-electron chi connectivity index (χ4n) is 2.16. The van der Waals surface area contributed by atoms with Crippen LogP contribution in [0.2, 0.25) is 0 Å². The lowest BCUT2D eigenvalue weighted by molar-refractivity contribution is 0.348. The topological polar surface area (TPSA) is 58.2 Å². The van der Waals surface area contributed by atoms with E-state index in [2.05, 4.69) is 10.0 Å². The number of sulfonamides is 1. The first-order valence-electron chi connectivity index (χ1n) is 6.21. The van der Waals surface area contributed by atoms with Gasteiger partial charge in [0.15, 0.2) is 17.5 Å². The van der Waals surface area contributed by atoms with Crippen LogP contribution in [0.4, 0.5) is 13.2 Å². The molecule has 2 unspecified atom stereocenters. The lowest BCUT2D eigenvalue weighted by Crippen LogP contribution is -2.51. The van der Waals surface area contributed by atoms with Crippen molar-refractivity contribution in [3.63, 3.8) is 0 Å². The van der Waals surface area contributed by atoms with E-state index < -0.39 is 32.4 Å². The predicted molar refractivity (Wildman–Crippen MR) is 67.1 cm³/mol. The highest BCUT2D eigenvalue weighted by atomic mass is 32.2. The van der Waals surface area contributed by atoms with Crippen molar-refractivity contribution in [1.29, 1.82) is 0 Å². The van der Waals surface area contributed by atoms with E-state index in [1.54, 1.807) is 0 Å². The zero-order valence-corrected chi connectivity index (χ0v) is 11.6. The van der Waals surface area contributed by atoms with Crippen LogP contribution in [-0.2, 0) is 10.0 Å². The molecule has 1 heterocycles. The second kappa shape index (κ2) is 5.71. The van der Waals surface area contributed by atoms with Crippen molar-refractivity contribution >= 4 is 10.0 Å². The van der Waals surface area contributed by atoms with Crippen LogP contribution < -0.4 is 10.0 Å². The second-order valence-electron chi connectivity index (χ2n) is 4.81. The largest absolute Gasteiger partial charge is 0.313 e. The molecule has 1 aromatic rings. The van der Waals surface area contributed by atoms with Gasteiger partial charge in [0, 0.05) is 12.1 Å². The van der Waals surface area contributed by atoms with Gasteiger partial charge >= 0.3 is 0 Å². The Hall–Kier alpha value is -1.12. The monoisotopic (exact) mass is 308 g/mol. The Morgan fingerprint density at radius 2 is 1.85 bits per heavy atom. The summed E-state index contributed by atoms with van der Waals surface area (Å²) >= 11 is 0. The predicted octanol–water partition coefficient (Wildman–Crippen LogP) is 1.52. The highest BCUT2D eigenvalue weighted by molar-refractivity contribution is 7.89. The fraction of sp³-hybridized carbons (Fsp3) is 0.500. The van der Waals surface area contributed by atoms with Crippen molar-refractivity contribution in [1.82, 2.24) is 10.0 Å². The molecule has 0 amide bonds. The Labute approximate surface area is 115 Å². The quantitative estimate of drug-likeness (QED) is 0.833. The fourth-order valence-corrected chi connectivity index (χ4v) is 3.53. The van der Waals surface area contributed by atoms with Gasteiger partial charge in [0.1, 0.15) is 0 Å². The van der Waals surface area contributed by atoms with Crippen molar-refractivity contribution in [2.24, 2.45) is 0 Å². The molecule has 8 heteroatoms. The van der Waals surface area contributed by atoms with Crippen LogP contribution in [0.15, 0.2) is 17.0 Å². The molecular formula is C12H15F3N2O2S. The first-order valence-corrected chi connectivity index (χ1v) is 7.70. The molecule has 1 aliphatic heterocycles. The number of halogens is 3. The summed E-state index contributed by atoms with van der Waals surface area (Å²) in [5.41, 5.74) is 0. The van der Waals surface area contributed by atoms with E-state index in [1.165, 1.54) is 0 Å². The minimum atomic E-state index is -4.09. The maximum atomic E-state index is 13.1. The Morgan fingerprint density at radius 1 is 1.25 bits per heavy atom. The average Bonchev–Trinajstić information content (AvgIpc) is 2.38. The highest BCUT2D eigenvalue weighted by Crippen LogP contribution is 2.19. The van der Waals surface area contributed by atoms with E-state index in [0.717, 1.165) is 13.0 Å². The highest BCUT2D eigenvalue weighted by Gasteiger charge is 2.27. The zero-order chi connectivity index (χ0) is 14.9. The number of nitrogens with one attached hydrogen (secondary N) is 2. The molecule has 1 aromatic carbocycles. The summed E-state index contributed by atoms with van der Waals surface area (Å²) in [6.07, 6.45) is 1.42. The molecule has 20 heavy (non-hydrogen) atoms. The average molecular weight is 308 g/mol. The van der Waals surface area contributed by atoms with E-state index in [4.69, 9.17) is 0 Å². The molecule has 0 aliphatic carbocycles. The van der Waals surface area contributed by atoms with Gasteiger partial charge in [0.05, 0.1) is 4.90 Å². The molecule has 2 atom stereocenters. The van der Waals surface area contributed by atoms with Gasteiger partial charge in [-0.25, -0.2) is 26.3 Å². The van der Waals surface area contributed by atoms with Crippen molar-refractivity contribution in [3.8, 4) is 0 Å². The van der Waals surface area contributed by atoms with Gasteiger partial charge in [-0.05, 0) is 38.4 Å². The number of piperidine rings is 1. The molecule has 1 aliphatic rings. The smallest absolute Gasteiger partial charge is 0.241 e. The summed E-state index contributed by atoms with van der Waals surface area (Å²) in [4.78, 5) is -0.619. The lowest BCUT2D eigenvalue weighted by atomic mass is 10.0. The summed E-state index contributed by atoms with van der Waals surface area (Å²) in [5, 5.41) is 3.10. The van der Waals surface area contributed by atoms with Crippen LogP contribution in [0.3, 0.4) is 0 Å². The van der Waals surface area contributed by atoms with Crippen LogP contribution in [0, 0.1) is 17.5 Å². The molecule has 0 aromatic heterocycles. The first kappa shape index (κ1) is 15.3. The van der Waals surface area contributed by atoms with Gasteiger partial charge < -0.3 is 5.32 Å². The van der Waals surface area contributed by atoms with E-state index in [0.29, 0.717) is 18.6 Å². The third kappa shape index (κ3) is 3.13. The maximum absolute atomic E-state index is 13.1. The Balaban J connectivity index is 2.26. The molecule has 112 valence electrons. The van der Waals surface area contributed by atoms with E-state index in [1.807, 2.05) is 6.92 Å². The third-order valence-electron chi connectivity index (χ3n) is 3.34. The van der Waals surface area contributed by atoms with Gasteiger partial charge in [-0.1, -0.05) is 0 Å². The molecule has 0 spiro atoms. The van der Waals surface area contributed by atoms with E-state index in [9.17, 15) is 21.6 Å². The second-order valence-corrected chi connectivity index (χ2v) is 6.53. The van der Waals surface area contributed by atoms with Crippen LogP contribution >= 0.6 is 0 Å². The maximum Gasteiger partial charge on any atom is 0.241 e. The van der Waals surface area contributed by atoms with Gasteiger partial charge in [-0.2, -0.15) is 0 Å². The van der Waals surface area contributed by atoms with Gasteiger partial charge in [0.25, 0.3) is 0 Å². The van der Waals surface area contributed by atoms with Crippen molar-refractivity contribution in [2.75, 3.05) is 6.54 Å². The summed E-state index contributed by atoms with van der Waals surface area (Å²) in [7, 11) is -4.09. The normalized spacial score (nSPS) is 23.8. The molecular weight excluding hydrogens is 293 g/mol. The van der Waals surface area contributed by atoms with Crippen LogP contribution in [-0.4, -0.2) is 27.0 Å². The minimum absolute atomic E-state index is 0.0892. The van der Waals surface area contributed by atoms with Crippen LogP contribution in [0.25, 0.3) is 0 Å². The summed E-state index contributed by atoms with van der Waals surface area (Å²) < 4.78 is 65.6. The summed E-state index contributed by atoms with van der Waals surface area (Å²) in [5.74, 6) is -4.74. The number of rotatable bonds is 3. The molecule has 0 saturated carbocycles. The van der Waals surface area contributed by atoms with Crippen LogP contribution in [0.1, 0.15) is 19.8 Å². The third-order valence-corrected chi connectivity index (χ3v) is 4.81. The minimum Gasteiger partial charge on any atom is -0.313 e. The van der Waals surface area contributed by atoms with Gasteiger partial charge in [0.2, 0.25) is 10.0 Å². The Kier molecular flexibility index (Phi) is 4.36. The van der Waals surface area contributed by atoms with Crippen molar-refractivity contribution < 1.29 is 21.6 Å². The first-order chi connectivity index (χ1) is 9.31.